The van der Waals surface area contributed by atoms with Gasteiger partial charge in [-0.05, 0) is 25.1 Å². The molecule has 1 heterocycles. The van der Waals surface area contributed by atoms with Crippen LogP contribution in [0.1, 0.15) is 21.9 Å². The first kappa shape index (κ1) is 13.2. The molecule has 21 heavy (non-hydrogen) atoms. The second-order valence-electron chi connectivity index (χ2n) is 4.67. The van der Waals surface area contributed by atoms with Crippen LogP contribution in [0.25, 0.3) is 10.9 Å². The molecule has 2 aromatic carbocycles. The van der Waals surface area contributed by atoms with Crippen molar-refractivity contribution in [3.8, 4) is 5.75 Å². The van der Waals surface area contributed by atoms with E-state index in [4.69, 9.17) is 4.74 Å². The Balaban J connectivity index is 2.22. The Morgan fingerprint density at radius 1 is 1.00 bits per heavy atom. The molecular formula is C17H14N2O2. The molecule has 0 aliphatic heterocycles. The van der Waals surface area contributed by atoms with Crippen LogP contribution in [0.3, 0.4) is 0 Å². The van der Waals surface area contributed by atoms with Gasteiger partial charge in [0.2, 0.25) is 5.78 Å². The summed E-state index contributed by atoms with van der Waals surface area (Å²) in [5.41, 5.74) is 1.68. The molecule has 4 heteroatoms. The first-order valence-corrected chi connectivity index (χ1v) is 6.62. The number of rotatable bonds is 3. The molecule has 0 saturated heterocycles. The molecule has 0 amide bonds. The van der Waals surface area contributed by atoms with Gasteiger partial charge in [-0.25, -0.2) is 9.97 Å². The fourth-order valence-electron chi connectivity index (χ4n) is 2.33. The molecule has 104 valence electrons. The van der Waals surface area contributed by atoms with Crippen LogP contribution in [-0.2, 0) is 0 Å². The van der Waals surface area contributed by atoms with Gasteiger partial charge in [-0.2, -0.15) is 0 Å². The topological polar surface area (TPSA) is 52.1 Å². The number of ether oxygens (including phenoxy) is 1. The number of nitrogens with zero attached hydrogens (tertiary/aromatic N) is 2. The largest absolute Gasteiger partial charge is 0.496 e. The minimum atomic E-state index is -0.158. The number of hydrogen-bond acceptors (Lipinski definition) is 4. The molecule has 0 aliphatic carbocycles. The summed E-state index contributed by atoms with van der Waals surface area (Å²) < 4.78 is 5.27. The minimum absolute atomic E-state index is 0.158. The van der Waals surface area contributed by atoms with Gasteiger partial charge < -0.3 is 4.74 Å². The quantitative estimate of drug-likeness (QED) is 0.690. The van der Waals surface area contributed by atoms with Crippen molar-refractivity contribution in [2.75, 3.05) is 7.11 Å². The maximum atomic E-state index is 12.8. The van der Waals surface area contributed by atoms with Crippen molar-refractivity contribution in [2.24, 2.45) is 0 Å². The summed E-state index contributed by atoms with van der Waals surface area (Å²) in [4.78, 5) is 21.5. The Kier molecular flexibility index (Phi) is 3.36. The molecule has 0 N–H and O–H groups in total. The Morgan fingerprint density at radius 2 is 1.71 bits per heavy atom. The van der Waals surface area contributed by atoms with Gasteiger partial charge in [-0.15, -0.1) is 0 Å². The maximum absolute atomic E-state index is 12.8. The number of carbonyl (C=O) groups is 1. The number of carbonyl (C=O) groups excluding carboxylic acids is 1. The van der Waals surface area contributed by atoms with Gasteiger partial charge in [0, 0.05) is 5.39 Å². The third-order valence-electron chi connectivity index (χ3n) is 3.28. The van der Waals surface area contributed by atoms with Crippen LogP contribution < -0.4 is 4.74 Å². The molecule has 3 aromatic rings. The number of aryl methyl sites for hydroxylation is 1. The summed E-state index contributed by atoms with van der Waals surface area (Å²) in [6.07, 6.45) is 0. The second kappa shape index (κ2) is 5.32. The average Bonchev–Trinajstić information content (AvgIpc) is 2.53. The number of methoxy groups -OCH3 is 1. The lowest BCUT2D eigenvalue weighted by Crippen LogP contribution is -2.09. The molecule has 0 atom stereocenters. The van der Waals surface area contributed by atoms with E-state index in [1.54, 1.807) is 26.2 Å². The highest BCUT2D eigenvalue weighted by Gasteiger charge is 2.18. The van der Waals surface area contributed by atoms with Crippen molar-refractivity contribution in [3.63, 3.8) is 0 Å². The molecule has 1 aromatic heterocycles. The molecule has 0 radical (unpaired) electrons. The molecular weight excluding hydrogens is 264 g/mol. The summed E-state index contributed by atoms with van der Waals surface area (Å²) >= 11 is 0. The van der Waals surface area contributed by atoms with Crippen molar-refractivity contribution < 1.29 is 9.53 Å². The fourth-order valence-corrected chi connectivity index (χ4v) is 2.33. The van der Waals surface area contributed by atoms with E-state index in [0.717, 1.165) is 10.9 Å². The summed E-state index contributed by atoms with van der Waals surface area (Å²) in [5.74, 6) is 0.962. The van der Waals surface area contributed by atoms with Crippen LogP contribution in [0.4, 0.5) is 0 Å². The molecule has 0 saturated carbocycles. The lowest BCUT2D eigenvalue weighted by Gasteiger charge is -2.09. The molecule has 3 rings (SSSR count). The van der Waals surface area contributed by atoms with Gasteiger partial charge in [-0.1, -0.05) is 30.3 Å². The number of hydrogen-bond donors (Lipinski definition) is 0. The summed E-state index contributed by atoms with van der Waals surface area (Å²) in [6, 6.07) is 14.7. The fraction of sp³-hybridized carbons (Fsp3) is 0.118. The van der Waals surface area contributed by atoms with Gasteiger partial charge in [0.25, 0.3) is 0 Å². The highest BCUT2D eigenvalue weighted by Crippen LogP contribution is 2.24. The average molecular weight is 278 g/mol. The van der Waals surface area contributed by atoms with Crippen LogP contribution in [0.15, 0.2) is 48.5 Å². The van der Waals surface area contributed by atoms with E-state index in [1.165, 1.54) is 0 Å². The summed E-state index contributed by atoms with van der Waals surface area (Å²) in [7, 11) is 1.55. The van der Waals surface area contributed by atoms with E-state index < -0.39 is 0 Å². The predicted octanol–water partition coefficient (Wildman–Crippen LogP) is 3.18. The highest BCUT2D eigenvalue weighted by molar-refractivity contribution is 6.15. The summed E-state index contributed by atoms with van der Waals surface area (Å²) in [6.45, 7) is 1.78. The number of fused-ring (bicyclic) bond motifs is 1. The number of benzene rings is 2. The Bertz CT molecular complexity index is 828. The van der Waals surface area contributed by atoms with Gasteiger partial charge in [0.1, 0.15) is 17.3 Å². The van der Waals surface area contributed by atoms with E-state index in [2.05, 4.69) is 9.97 Å². The van der Waals surface area contributed by atoms with Crippen molar-refractivity contribution in [1.82, 2.24) is 9.97 Å². The van der Waals surface area contributed by atoms with Crippen LogP contribution in [-0.4, -0.2) is 22.9 Å². The zero-order valence-electron chi connectivity index (χ0n) is 11.8. The third kappa shape index (κ3) is 2.36. The number of para-hydroxylation sites is 2. The molecule has 0 fully saturated rings. The van der Waals surface area contributed by atoms with E-state index in [1.807, 2.05) is 36.4 Å². The monoisotopic (exact) mass is 278 g/mol. The molecule has 0 unspecified atom stereocenters. The van der Waals surface area contributed by atoms with Gasteiger partial charge in [0.15, 0.2) is 0 Å². The zero-order chi connectivity index (χ0) is 14.8. The summed E-state index contributed by atoms with van der Waals surface area (Å²) in [5, 5.41) is 0.749. The first-order valence-electron chi connectivity index (χ1n) is 6.62. The Morgan fingerprint density at radius 3 is 2.52 bits per heavy atom. The minimum Gasteiger partial charge on any atom is -0.496 e. The third-order valence-corrected chi connectivity index (χ3v) is 3.28. The molecule has 4 nitrogen and oxygen atoms in total. The maximum Gasteiger partial charge on any atom is 0.215 e. The van der Waals surface area contributed by atoms with E-state index >= 15 is 0 Å². The second-order valence-corrected chi connectivity index (χ2v) is 4.67. The highest BCUT2D eigenvalue weighted by atomic mass is 16.5. The van der Waals surface area contributed by atoms with Crippen LogP contribution in [0.2, 0.25) is 0 Å². The van der Waals surface area contributed by atoms with E-state index in [9.17, 15) is 4.79 Å². The van der Waals surface area contributed by atoms with Crippen molar-refractivity contribution in [3.05, 3.63) is 65.6 Å². The molecule has 0 aliphatic rings. The van der Waals surface area contributed by atoms with Gasteiger partial charge in [0.05, 0.1) is 18.2 Å². The number of aromatic nitrogens is 2. The van der Waals surface area contributed by atoms with E-state index in [-0.39, 0.29) is 5.78 Å². The predicted molar refractivity (Wildman–Crippen MR) is 80.7 cm³/mol. The standard InChI is InChI=1S/C17H14N2O2/c1-11-18-14-9-5-3-7-12(14)16(19-11)17(20)13-8-4-6-10-15(13)21-2/h3-10H,1-2H3. The lowest BCUT2D eigenvalue weighted by atomic mass is 10.0. The number of ketones is 1. The molecule has 0 spiro atoms. The van der Waals surface area contributed by atoms with Gasteiger partial charge >= 0.3 is 0 Å². The van der Waals surface area contributed by atoms with Crippen molar-refractivity contribution in [1.29, 1.82) is 0 Å². The Labute approximate surface area is 122 Å². The normalized spacial score (nSPS) is 10.6. The molecule has 0 bridgehead atoms. The zero-order valence-corrected chi connectivity index (χ0v) is 11.8. The van der Waals surface area contributed by atoms with E-state index in [0.29, 0.717) is 22.8 Å². The lowest BCUT2D eigenvalue weighted by molar-refractivity contribution is 0.103. The Hall–Kier alpha value is -2.75. The SMILES string of the molecule is COc1ccccc1C(=O)c1nc(C)nc2ccccc12. The van der Waals surface area contributed by atoms with Crippen LogP contribution in [0, 0.1) is 6.92 Å². The van der Waals surface area contributed by atoms with Crippen LogP contribution in [0.5, 0.6) is 5.75 Å². The first-order chi connectivity index (χ1) is 10.2. The van der Waals surface area contributed by atoms with Crippen molar-refractivity contribution >= 4 is 16.7 Å². The van der Waals surface area contributed by atoms with Crippen molar-refractivity contribution in [2.45, 2.75) is 6.92 Å². The smallest absolute Gasteiger partial charge is 0.215 e. The van der Waals surface area contributed by atoms with Crippen LogP contribution >= 0.6 is 0 Å². The van der Waals surface area contributed by atoms with Gasteiger partial charge in [-0.3, -0.25) is 4.79 Å².